The zero-order valence-corrected chi connectivity index (χ0v) is 15.7. The van der Waals surface area contributed by atoms with Gasteiger partial charge >= 0.3 is 0 Å². The molecule has 1 heterocycles. The molecular weight excluding hydrogens is 310 g/mol. The van der Waals surface area contributed by atoms with Gasteiger partial charge in [-0.25, -0.2) is 0 Å². The number of halogens is 1. The number of hydrogen-bond acceptors (Lipinski definition) is 3. The predicted molar refractivity (Wildman–Crippen MR) is 101 cm³/mol. The number of amides is 1. The summed E-state index contributed by atoms with van der Waals surface area (Å²) in [5, 5.41) is 6.57. The molecule has 0 aromatic rings. The lowest BCUT2D eigenvalue weighted by Crippen LogP contribution is -2.49. The molecule has 0 saturated carbocycles. The van der Waals surface area contributed by atoms with Gasteiger partial charge in [-0.2, -0.15) is 0 Å². The second-order valence-corrected chi connectivity index (χ2v) is 6.66. The molecule has 0 aromatic heterocycles. The van der Waals surface area contributed by atoms with E-state index >= 15 is 0 Å². The molecule has 1 amide bonds. The lowest BCUT2D eigenvalue weighted by molar-refractivity contribution is -0.126. The van der Waals surface area contributed by atoms with Gasteiger partial charge in [-0.15, -0.1) is 25.6 Å². The Kier molecular flexibility index (Phi) is 11.2. The van der Waals surface area contributed by atoms with E-state index in [1.807, 2.05) is 12.2 Å². The van der Waals surface area contributed by atoms with Crippen molar-refractivity contribution in [2.24, 2.45) is 11.8 Å². The van der Waals surface area contributed by atoms with Crippen LogP contribution in [-0.2, 0) is 4.79 Å². The lowest BCUT2D eigenvalue weighted by atomic mass is 9.92. The smallest absolute Gasteiger partial charge is 0.223 e. The molecule has 0 radical (unpaired) electrons. The van der Waals surface area contributed by atoms with E-state index in [2.05, 4.69) is 49.5 Å². The summed E-state index contributed by atoms with van der Waals surface area (Å²) in [4.78, 5) is 14.7. The van der Waals surface area contributed by atoms with Crippen LogP contribution in [-0.4, -0.2) is 49.1 Å². The second kappa shape index (κ2) is 11.7. The lowest BCUT2D eigenvalue weighted by Gasteiger charge is -2.34. The van der Waals surface area contributed by atoms with Crippen molar-refractivity contribution in [1.82, 2.24) is 15.5 Å². The van der Waals surface area contributed by atoms with E-state index in [0.29, 0.717) is 24.5 Å². The molecule has 1 rings (SSSR count). The summed E-state index contributed by atoms with van der Waals surface area (Å²) in [7, 11) is 0. The van der Waals surface area contributed by atoms with Crippen molar-refractivity contribution in [3.63, 3.8) is 0 Å². The Balaban J connectivity index is 0.00000484. The van der Waals surface area contributed by atoms with E-state index in [4.69, 9.17) is 0 Å². The maximum Gasteiger partial charge on any atom is 0.223 e. The van der Waals surface area contributed by atoms with Gasteiger partial charge in [0.05, 0.1) is 0 Å². The van der Waals surface area contributed by atoms with Crippen molar-refractivity contribution < 1.29 is 4.79 Å². The SMILES string of the molecule is C=CCN(CC=C)C(CNC(=O)[C@H]1CCN[C@@H](C)C1)C(C)C.Cl. The first kappa shape index (κ1) is 22.2. The Bertz CT molecular complexity index is 363. The Labute approximate surface area is 148 Å². The van der Waals surface area contributed by atoms with Crippen LogP contribution in [0, 0.1) is 11.8 Å². The van der Waals surface area contributed by atoms with Crippen LogP contribution in [0.2, 0.25) is 0 Å². The van der Waals surface area contributed by atoms with E-state index in [9.17, 15) is 4.79 Å². The summed E-state index contributed by atoms with van der Waals surface area (Å²) in [6.07, 6.45) is 5.69. The van der Waals surface area contributed by atoms with Crippen LogP contribution in [0.15, 0.2) is 25.3 Å². The van der Waals surface area contributed by atoms with Crippen molar-refractivity contribution in [2.45, 2.75) is 45.7 Å². The average Bonchev–Trinajstić information content (AvgIpc) is 2.47. The first-order valence-electron chi connectivity index (χ1n) is 8.46. The molecular formula is C18H34ClN3O. The third-order valence-electron chi connectivity index (χ3n) is 4.45. The summed E-state index contributed by atoms with van der Waals surface area (Å²) in [5.74, 6) is 0.819. The third kappa shape index (κ3) is 7.51. The third-order valence-corrected chi connectivity index (χ3v) is 4.45. The van der Waals surface area contributed by atoms with E-state index in [0.717, 1.165) is 32.5 Å². The zero-order chi connectivity index (χ0) is 16.5. The van der Waals surface area contributed by atoms with Gasteiger partial charge in [0.15, 0.2) is 0 Å². The number of carbonyl (C=O) groups excluding carboxylic acids is 1. The summed E-state index contributed by atoms with van der Waals surface area (Å²) in [5.41, 5.74) is 0. The zero-order valence-electron chi connectivity index (χ0n) is 14.9. The maximum atomic E-state index is 12.4. The highest BCUT2D eigenvalue weighted by molar-refractivity contribution is 5.85. The van der Waals surface area contributed by atoms with Gasteiger partial charge in [-0.3, -0.25) is 9.69 Å². The number of nitrogens with one attached hydrogen (secondary N) is 2. The van der Waals surface area contributed by atoms with Crippen LogP contribution in [0.25, 0.3) is 0 Å². The number of rotatable bonds is 9. The standard InChI is InChI=1S/C18H33N3O.ClH/c1-6-10-21(11-7-2)17(14(3)4)13-20-18(22)16-8-9-19-15(5)12-16;/h6-7,14-17,19H,1-2,8-13H2,3-5H3,(H,20,22);1H/t15-,16-,17?;/m0./s1. The molecule has 0 spiro atoms. The molecule has 0 bridgehead atoms. The minimum Gasteiger partial charge on any atom is -0.354 e. The molecule has 1 aliphatic heterocycles. The Morgan fingerprint density at radius 2 is 1.96 bits per heavy atom. The number of piperidine rings is 1. The second-order valence-electron chi connectivity index (χ2n) is 6.66. The monoisotopic (exact) mass is 343 g/mol. The molecule has 0 aliphatic carbocycles. The van der Waals surface area contributed by atoms with Gasteiger partial charge in [-0.05, 0) is 32.2 Å². The van der Waals surface area contributed by atoms with Crippen molar-refractivity contribution in [2.75, 3.05) is 26.2 Å². The summed E-state index contributed by atoms with van der Waals surface area (Å²) < 4.78 is 0. The van der Waals surface area contributed by atoms with Gasteiger partial charge in [0.2, 0.25) is 5.91 Å². The quantitative estimate of drug-likeness (QED) is 0.632. The number of hydrogen-bond donors (Lipinski definition) is 2. The Morgan fingerprint density at radius 1 is 1.35 bits per heavy atom. The molecule has 23 heavy (non-hydrogen) atoms. The van der Waals surface area contributed by atoms with Crippen molar-refractivity contribution in [3.8, 4) is 0 Å². The predicted octanol–water partition coefficient (Wildman–Crippen LogP) is 2.61. The van der Waals surface area contributed by atoms with E-state index < -0.39 is 0 Å². The van der Waals surface area contributed by atoms with Gasteiger partial charge in [0, 0.05) is 37.6 Å². The molecule has 3 atom stereocenters. The van der Waals surface area contributed by atoms with Gasteiger partial charge in [-0.1, -0.05) is 26.0 Å². The largest absolute Gasteiger partial charge is 0.354 e. The van der Waals surface area contributed by atoms with E-state index in [-0.39, 0.29) is 24.2 Å². The van der Waals surface area contributed by atoms with Crippen molar-refractivity contribution in [1.29, 1.82) is 0 Å². The molecule has 5 heteroatoms. The fourth-order valence-electron chi connectivity index (χ4n) is 3.18. The summed E-state index contributed by atoms with van der Waals surface area (Å²) in [6.45, 7) is 17.5. The number of carbonyl (C=O) groups is 1. The minimum atomic E-state index is 0. The van der Waals surface area contributed by atoms with Gasteiger partial charge < -0.3 is 10.6 Å². The van der Waals surface area contributed by atoms with Crippen LogP contribution in [0.3, 0.4) is 0 Å². The van der Waals surface area contributed by atoms with Crippen LogP contribution < -0.4 is 10.6 Å². The topological polar surface area (TPSA) is 44.4 Å². The molecule has 4 nitrogen and oxygen atoms in total. The molecule has 1 aliphatic rings. The summed E-state index contributed by atoms with van der Waals surface area (Å²) in [6, 6.07) is 0.738. The van der Waals surface area contributed by atoms with Crippen molar-refractivity contribution in [3.05, 3.63) is 25.3 Å². The molecule has 2 N–H and O–H groups in total. The first-order valence-corrected chi connectivity index (χ1v) is 8.46. The molecule has 1 fully saturated rings. The highest BCUT2D eigenvalue weighted by Gasteiger charge is 2.26. The fourth-order valence-corrected chi connectivity index (χ4v) is 3.18. The van der Waals surface area contributed by atoms with E-state index in [1.165, 1.54) is 0 Å². The van der Waals surface area contributed by atoms with Crippen LogP contribution in [0.4, 0.5) is 0 Å². The molecule has 1 saturated heterocycles. The van der Waals surface area contributed by atoms with Gasteiger partial charge in [0.25, 0.3) is 0 Å². The van der Waals surface area contributed by atoms with Gasteiger partial charge in [0.1, 0.15) is 0 Å². The fraction of sp³-hybridized carbons (Fsp3) is 0.722. The highest BCUT2D eigenvalue weighted by atomic mass is 35.5. The molecule has 1 unspecified atom stereocenters. The van der Waals surface area contributed by atoms with Crippen LogP contribution in [0.5, 0.6) is 0 Å². The normalized spacial score (nSPS) is 22.3. The molecule has 0 aromatic carbocycles. The van der Waals surface area contributed by atoms with Crippen LogP contribution >= 0.6 is 12.4 Å². The Morgan fingerprint density at radius 3 is 2.43 bits per heavy atom. The number of nitrogens with zero attached hydrogens (tertiary/aromatic N) is 1. The Hall–Kier alpha value is -0.840. The molecule has 134 valence electrons. The van der Waals surface area contributed by atoms with Crippen LogP contribution in [0.1, 0.15) is 33.6 Å². The highest BCUT2D eigenvalue weighted by Crippen LogP contribution is 2.17. The maximum absolute atomic E-state index is 12.4. The van der Waals surface area contributed by atoms with Crippen molar-refractivity contribution >= 4 is 18.3 Å². The first-order chi connectivity index (χ1) is 10.5. The summed E-state index contributed by atoms with van der Waals surface area (Å²) >= 11 is 0. The average molecular weight is 344 g/mol. The van der Waals surface area contributed by atoms with E-state index in [1.54, 1.807) is 0 Å². The minimum absolute atomic E-state index is 0.